The van der Waals surface area contributed by atoms with E-state index >= 15 is 0 Å². The molecular formula is C24H31N3OS2. The Balaban J connectivity index is 1.72. The van der Waals surface area contributed by atoms with Gasteiger partial charge in [0.05, 0.1) is 10.2 Å². The number of hydrogen-bond donors (Lipinski definition) is 0. The van der Waals surface area contributed by atoms with Crippen LogP contribution in [-0.4, -0.2) is 47.7 Å². The lowest BCUT2D eigenvalue weighted by Gasteiger charge is -2.24. The summed E-state index contributed by atoms with van der Waals surface area (Å²) in [7, 11) is 0. The molecule has 0 bridgehead atoms. The summed E-state index contributed by atoms with van der Waals surface area (Å²) in [6.45, 7) is 12.0. The summed E-state index contributed by atoms with van der Waals surface area (Å²) in [5.74, 6) is 0.923. The summed E-state index contributed by atoms with van der Waals surface area (Å²) in [4.78, 5) is 23.5. The standard InChI is InChI=1S/C24H31N3OS2/c1-5-26(6-2)15-16-27(24-25-23-19(4)8-7-9-21(23)30-24)22(28)14-17-29-20-12-10-18(3)11-13-20/h7-13H,5-6,14-17H2,1-4H3. The maximum Gasteiger partial charge on any atom is 0.229 e. The zero-order valence-electron chi connectivity index (χ0n) is 18.4. The van der Waals surface area contributed by atoms with E-state index < -0.39 is 0 Å². The zero-order valence-corrected chi connectivity index (χ0v) is 20.0. The normalized spacial score (nSPS) is 11.4. The number of likely N-dealkylation sites (N-methyl/N-ethyl adjacent to an activating group) is 1. The van der Waals surface area contributed by atoms with E-state index in [1.807, 2.05) is 4.90 Å². The van der Waals surface area contributed by atoms with Crippen LogP contribution in [0.5, 0.6) is 0 Å². The number of para-hydroxylation sites is 1. The van der Waals surface area contributed by atoms with E-state index in [-0.39, 0.29) is 5.91 Å². The fourth-order valence-corrected chi connectivity index (χ4v) is 5.25. The number of nitrogens with zero attached hydrogens (tertiary/aromatic N) is 3. The first-order chi connectivity index (χ1) is 14.5. The minimum absolute atomic E-state index is 0.151. The molecule has 0 unspecified atom stereocenters. The van der Waals surface area contributed by atoms with Gasteiger partial charge in [0.2, 0.25) is 5.91 Å². The Morgan fingerprint density at radius 2 is 1.77 bits per heavy atom. The van der Waals surface area contributed by atoms with Gasteiger partial charge in [0.1, 0.15) is 0 Å². The fraction of sp³-hybridized carbons (Fsp3) is 0.417. The predicted octanol–water partition coefficient (Wildman–Crippen LogP) is 5.77. The molecule has 2 aromatic carbocycles. The number of hydrogen-bond acceptors (Lipinski definition) is 5. The molecule has 6 heteroatoms. The van der Waals surface area contributed by atoms with Gasteiger partial charge in [-0.15, -0.1) is 11.8 Å². The fourth-order valence-electron chi connectivity index (χ4n) is 3.32. The highest BCUT2D eigenvalue weighted by Gasteiger charge is 2.20. The van der Waals surface area contributed by atoms with E-state index in [1.165, 1.54) is 10.5 Å². The zero-order chi connectivity index (χ0) is 21.5. The number of aromatic nitrogens is 1. The largest absolute Gasteiger partial charge is 0.302 e. The van der Waals surface area contributed by atoms with Crippen LogP contribution >= 0.6 is 23.1 Å². The van der Waals surface area contributed by atoms with Gasteiger partial charge in [-0.2, -0.15) is 0 Å². The summed E-state index contributed by atoms with van der Waals surface area (Å²) < 4.78 is 1.14. The van der Waals surface area contributed by atoms with Crippen molar-refractivity contribution >= 4 is 44.4 Å². The highest BCUT2D eigenvalue weighted by molar-refractivity contribution is 7.99. The van der Waals surface area contributed by atoms with E-state index in [0.717, 1.165) is 46.3 Å². The lowest BCUT2D eigenvalue weighted by atomic mass is 10.2. The van der Waals surface area contributed by atoms with Crippen LogP contribution in [0.3, 0.4) is 0 Å². The molecule has 1 heterocycles. The number of anilines is 1. The number of rotatable bonds is 10. The van der Waals surface area contributed by atoms with Crippen molar-refractivity contribution in [1.82, 2.24) is 9.88 Å². The monoisotopic (exact) mass is 441 g/mol. The van der Waals surface area contributed by atoms with Gasteiger partial charge in [-0.25, -0.2) is 4.98 Å². The van der Waals surface area contributed by atoms with Gasteiger partial charge in [-0.3, -0.25) is 9.69 Å². The summed E-state index contributed by atoms with van der Waals surface area (Å²) in [5.41, 5.74) is 3.41. The van der Waals surface area contributed by atoms with Crippen LogP contribution in [0.1, 0.15) is 31.4 Å². The maximum atomic E-state index is 13.2. The third-order valence-electron chi connectivity index (χ3n) is 5.28. The lowest BCUT2D eigenvalue weighted by molar-refractivity contribution is -0.118. The molecule has 30 heavy (non-hydrogen) atoms. The summed E-state index contributed by atoms with van der Waals surface area (Å²) in [5, 5.41) is 0.816. The highest BCUT2D eigenvalue weighted by Crippen LogP contribution is 2.31. The van der Waals surface area contributed by atoms with Crippen LogP contribution in [0.2, 0.25) is 0 Å². The van der Waals surface area contributed by atoms with Crippen molar-refractivity contribution in [3.05, 3.63) is 53.6 Å². The third kappa shape index (κ3) is 5.84. The number of thioether (sulfide) groups is 1. The van der Waals surface area contributed by atoms with Crippen LogP contribution in [0.15, 0.2) is 47.4 Å². The first-order valence-electron chi connectivity index (χ1n) is 10.6. The van der Waals surface area contributed by atoms with E-state index in [4.69, 9.17) is 4.98 Å². The van der Waals surface area contributed by atoms with Crippen molar-refractivity contribution in [3.8, 4) is 0 Å². The molecule has 3 rings (SSSR count). The van der Waals surface area contributed by atoms with Gasteiger partial charge in [-0.1, -0.05) is 55.0 Å². The van der Waals surface area contributed by atoms with Crippen LogP contribution in [0.25, 0.3) is 10.2 Å². The quantitative estimate of drug-likeness (QED) is 0.374. The Bertz CT molecular complexity index is 964. The first kappa shape index (κ1) is 22.8. The van der Waals surface area contributed by atoms with E-state index in [2.05, 4.69) is 75.1 Å². The highest BCUT2D eigenvalue weighted by atomic mass is 32.2. The molecule has 0 saturated heterocycles. The predicted molar refractivity (Wildman–Crippen MR) is 131 cm³/mol. The van der Waals surface area contributed by atoms with Gasteiger partial charge in [0.25, 0.3) is 0 Å². The van der Waals surface area contributed by atoms with E-state index in [0.29, 0.717) is 13.0 Å². The number of aryl methyl sites for hydroxylation is 2. The number of thiazole rings is 1. The number of amides is 1. The minimum atomic E-state index is 0.151. The number of benzene rings is 2. The van der Waals surface area contributed by atoms with Crippen LogP contribution in [0, 0.1) is 13.8 Å². The Morgan fingerprint density at radius 1 is 1.03 bits per heavy atom. The molecule has 4 nitrogen and oxygen atoms in total. The molecular weight excluding hydrogens is 410 g/mol. The Hall–Kier alpha value is -1.89. The second kappa shape index (κ2) is 10.9. The molecule has 0 fully saturated rings. The molecule has 0 spiro atoms. The van der Waals surface area contributed by atoms with Crippen molar-refractivity contribution < 1.29 is 4.79 Å². The molecule has 0 N–H and O–H groups in total. The number of fused-ring (bicyclic) bond motifs is 1. The van der Waals surface area contributed by atoms with E-state index in [9.17, 15) is 4.79 Å². The van der Waals surface area contributed by atoms with Gasteiger partial charge < -0.3 is 4.90 Å². The number of carbonyl (C=O) groups excluding carboxylic acids is 1. The average molecular weight is 442 g/mol. The van der Waals surface area contributed by atoms with E-state index in [1.54, 1.807) is 23.1 Å². The van der Waals surface area contributed by atoms with Crippen molar-refractivity contribution in [2.45, 2.75) is 39.0 Å². The van der Waals surface area contributed by atoms with Gasteiger partial charge >= 0.3 is 0 Å². The average Bonchev–Trinajstić information content (AvgIpc) is 3.18. The van der Waals surface area contributed by atoms with Gasteiger partial charge in [-0.05, 0) is 50.7 Å². The summed E-state index contributed by atoms with van der Waals surface area (Å²) >= 11 is 3.35. The van der Waals surface area contributed by atoms with Crippen LogP contribution in [0.4, 0.5) is 5.13 Å². The second-order valence-electron chi connectivity index (χ2n) is 7.40. The molecule has 1 amide bonds. The second-order valence-corrected chi connectivity index (χ2v) is 9.58. The molecule has 0 atom stereocenters. The first-order valence-corrected chi connectivity index (χ1v) is 12.4. The molecule has 0 aliphatic heterocycles. The maximum absolute atomic E-state index is 13.2. The summed E-state index contributed by atoms with van der Waals surface area (Å²) in [6.07, 6.45) is 0.506. The molecule has 0 aliphatic carbocycles. The third-order valence-corrected chi connectivity index (χ3v) is 7.34. The van der Waals surface area contributed by atoms with Gasteiger partial charge in [0, 0.05) is 30.2 Å². The van der Waals surface area contributed by atoms with Crippen LogP contribution < -0.4 is 4.90 Å². The Kier molecular flexibility index (Phi) is 8.31. The molecule has 3 aromatic rings. The van der Waals surface area contributed by atoms with Gasteiger partial charge in [0.15, 0.2) is 5.13 Å². The molecule has 0 aliphatic rings. The number of carbonyl (C=O) groups is 1. The SMILES string of the molecule is CCN(CC)CCN(C(=O)CCSc1ccc(C)cc1)c1nc2c(C)cccc2s1. The smallest absolute Gasteiger partial charge is 0.229 e. The molecule has 1 aromatic heterocycles. The lowest BCUT2D eigenvalue weighted by Crippen LogP contribution is -2.39. The van der Waals surface area contributed by atoms with Crippen molar-refractivity contribution in [1.29, 1.82) is 0 Å². The summed E-state index contributed by atoms with van der Waals surface area (Å²) in [6, 6.07) is 14.7. The molecule has 160 valence electrons. The Morgan fingerprint density at radius 3 is 2.43 bits per heavy atom. The topological polar surface area (TPSA) is 36.4 Å². The molecule has 0 saturated carbocycles. The van der Waals surface area contributed by atoms with Crippen molar-refractivity contribution in [2.75, 3.05) is 36.8 Å². The minimum Gasteiger partial charge on any atom is -0.302 e. The van der Waals surface area contributed by atoms with Crippen molar-refractivity contribution in [3.63, 3.8) is 0 Å². The van der Waals surface area contributed by atoms with Crippen molar-refractivity contribution in [2.24, 2.45) is 0 Å². The molecule has 0 radical (unpaired) electrons. The van der Waals surface area contributed by atoms with Crippen LogP contribution in [-0.2, 0) is 4.79 Å². The Labute approximate surface area is 188 Å².